The lowest BCUT2D eigenvalue weighted by Crippen LogP contribution is -2.46. The first-order valence-electron chi connectivity index (χ1n) is 11.0. The SMILES string of the molecule is C[S+]([O-])c1cn(-c2ncc(-c3cc(C#N)ccc3F)cn2)c2cc(C(=O)N3CCNCC3)ccc12. The van der Waals surface area contributed by atoms with Crippen molar-refractivity contribution in [3.63, 3.8) is 0 Å². The predicted molar refractivity (Wildman–Crippen MR) is 130 cm³/mol. The largest absolute Gasteiger partial charge is 0.612 e. The normalized spacial score (nSPS) is 14.6. The molecule has 0 spiro atoms. The Labute approximate surface area is 204 Å². The highest BCUT2D eigenvalue weighted by atomic mass is 32.2. The summed E-state index contributed by atoms with van der Waals surface area (Å²) in [6.07, 6.45) is 6.25. The summed E-state index contributed by atoms with van der Waals surface area (Å²) in [7, 11) is 0. The molecule has 1 unspecified atom stereocenters. The number of aromatic nitrogens is 3. The summed E-state index contributed by atoms with van der Waals surface area (Å²) in [5, 5.41) is 13.1. The molecule has 1 fully saturated rings. The zero-order valence-electron chi connectivity index (χ0n) is 18.9. The number of halogens is 1. The zero-order valence-corrected chi connectivity index (χ0v) is 19.7. The van der Waals surface area contributed by atoms with E-state index in [0.717, 1.165) is 18.5 Å². The quantitative estimate of drug-likeness (QED) is 0.443. The molecule has 35 heavy (non-hydrogen) atoms. The van der Waals surface area contributed by atoms with Crippen LogP contribution < -0.4 is 5.32 Å². The number of nitrogens with zero attached hydrogens (tertiary/aromatic N) is 5. The van der Waals surface area contributed by atoms with Gasteiger partial charge in [-0.05, 0) is 47.6 Å². The molecule has 2 aromatic carbocycles. The van der Waals surface area contributed by atoms with Crippen molar-refractivity contribution in [3.8, 4) is 23.1 Å². The molecule has 0 radical (unpaired) electrons. The van der Waals surface area contributed by atoms with Crippen LogP contribution >= 0.6 is 0 Å². The Hall–Kier alpha value is -3.78. The smallest absolute Gasteiger partial charge is 0.254 e. The Morgan fingerprint density at radius 2 is 1.91 bits per heavy atom. The van der Waals surface area contributed by atoms with Crippen molar-refractivity contribution in [1.82, 2.24) is 24.8 Å². The van der Waals surface area contributed by atoms with Gasteiger partial charge in [0.05, 0.1) is 28.7 Å². The van der Waals surface area contributed by atoms with Gasteiger partial charge >= 0.3 is 0 Å². The third kappa shape index (κ3) is 4.37. The van der Waals surface area contributed by atoms with Crippen molar-refractivity contribution in [2.45, 2.75) is 4.90 Å². The van der Waals surface area contributed by atoms with Gasteiger partial charge in [0, 0.05) is 55.3 Å². The summed E-state index contributed by atoms with van der Waals surface area (Å²) in [4.78, 5) is 24.3. The van der Waals surface area contributed by atoms with E-state index in [2.05, 4.69) is 15.3 Å². The number of hydrogen-bond donors (Lipinski definition) is 1. The third-order valence-electron chi connectivity index (χ3n) is 5.99. The average molecular weight is 489 g/mol. The molecule has 1 amide bonds. The Morgan fingerprint density at radius 3 is 2.60 bits per heavy atom. The van der Waals surface area contributed by atoms with Crippen LogP contribution in [-0.2, 0) is 11.2 Å². The van der Waals surface area contributed by atoms with Gasteiger partial charge in [0.1, 0.15) is 12.1 Å². The molecule has 1 aliphatic heterocycles. The maximum atomic E-state index is 14.3. The van der Waals surface area contributed by atoms with Gasteiger partial charge in [-0.1, -0.05) is 0 Å². The van der Waals surface area contributed by atoms with Crippen LogP contribution in [0.5, 0.6) is 0 Å². The number of rotatable bonds is 4. The fourth-order valence-electron chi connectivity index (χ4n) is 4.17. The van der Waals surface area contributed by atoms with E-state index in [1.165, 1.54) is 30.6 Å². The summed E-state index contributed by atoms with van der Waals surface area (Å²) in [5.41, 5.74) is 2.17. The maximum absolute atomic E-state index is 14.3. The van der Waals surface area contributed by atoms with Crippen molar-refractivity contribution in [3.05, 3.63) is 71.9 Å². The predicted octanol–water partition coefficient (Wildman–Crippen LogP) is 2.88. The van der Waals surface area contributed by atoms with Crippen molar-refractivity contribution in [2.24, 2.45) is 0 Å². The van der Waals surface area contributed by atoms with Crippen LogP contribution in [0.4, 0.5) is 4.39 Å². The number of nitrogens with one attached hydrogen (secondary N) is 1. The first-order chi connectivity index (χ1) is 17.0. The molecule has 1 atom stereocenters. The molecule has 8 nitrogen and oxygen atoms in total. The van der Waals surface area contributed by atoms with Crippen LogP contribution in [-0.4, -0.2) is 62.3 Å². The molecular weight excluding hydrogens is 467 g/mol. The second-order valence-corrected chi connectivity index (χ2v) is 9.52. The van der Waals surface area contributed by atoms with Crippen LogP contribution in [0.3, 0.4) is 0 Å². The van der Waals surface area contributed by atoms with Gasteiger partial charge in [0.2, 0.25) is 5.95 Å². The molecule has 1 N–H and O–H groups in total. The van der Waals surface area contributed by atoms with Crippen molar-refractivity contribution < 1.29 is 13.7 Å². The van der Waals surface area contributed by atoms with Gasteiger partial charge in [0.15, 0.2) is 4.90 Å². The number of benzene rings is 2. The van der Waals surface area contributed by atoms with E-state index >= 15 is 0 Å². The lowest BCUT2D eigenvalue weighted by Gasteiger charge is -2.27. The molecule has 2 aromatic heterocycles. The highest BCUT2D eigenvalue weighted by Gasteiger charge is 2.22. The molecule has 1 aliphatic rings. The first kappa shape index (κ1) is 23.0. The first-order valence-corrected chi connectivity index (χ1v) is 12.5. The second kappa shape index (κ2) is 9.46. The van der Waals surface area contributed by atoms with Gasteiger partial charge in [-0.3, -0.25) is 9.36 Å². The fraction of sp³-hybridized carbons (Fsp3) is 0.200. The van der Waals surface area contributed by atoms with E-state index in [9.17, 15) is 13.7 Å². The second-order valence-electron chi connectivity index (χ2n) is 8.17. The van der Waals surface area contributed by atoms with E-state index in [0.29, 0.717) is 46.1 Å². The Kier molecular flexibility index (Phi) is 6.21. The van der Waals surface area contributed by atoms with E-state index < -0.39 is 17.0 Å². The lowest BCUT2D eigenvalue weighted by molar-refractivity contribution is 0.0736. The van der Waals surface area contributed by atoms with E-state index in [4.69, 9.17) is 5.26 Å². The minimum atomic E-state index is -1.28. The minimum Gasteiger partial charge on any atom is -0.612 e. The Balaban J connectivity index is 1.56. The van der Waals surface area contributed by atoms with Crippen molar-refractivity contribution in [1.29, 1.82) is 5.26 Å². The number of hydrogen-bond acceptors (Lipinski definition) is 6. The van der Waals surface area contributed by atoms with Crippen LogP contribution in [0.15, 0.2) is 59.9 Å². The minimum absolute atomic E-state index is 0.0653. The number of nitriles is 1. The zero-order chi connectivity index (χ0) is 24.5. The molecule has 10 heteroatoms. The molecule has 0 saturated carbocycles. The summed E-state index contributed by atoms with van der Waals surface area (Å²) < 4.78 is 28.4. The molecule has 4 aromatic rings. The monoisotopic (exact) mass is 488 g/mol. The summed E-state index contributed by atoms with van der Waals surface area (Å²) in [6, 6.07) is 11.4. The molecule has 176 valence electrons. The summed E-state index contributed by atoms with van der Waals surface area (Å²) in [5.74, 6) is -0.255. The molecule has 5 rings (SSSR count). The van der Waals surface area contributed by atoms with Gasteiger partial charge in [-0.15, -0.1) is 0 Å². The van der Waals surface area contributed by atoms with Gasteiger partial charge in [0.25, 0.3) is 5.91 Å². The maximum Gasteiger partial charge on any atom is 0.254 e. The van der Waals surface area contributed by atoms with Crippen LogP contribution in [0.25, 0.3) is 28.0 Å². The Bertz CT molecular complexity index is 1460. The van der Waals surface area contributed by atoms with Crippen molar-refractivity contribution >= 4 is 28.0 Å². The highest BCUT2D eigenvalue weighted by molar-refractivity contribution is 7.91. The molecule has 0 aliphatic carbocycles. The summed E-state index contributed by atoms with van der Waals surface area (Å²) in [6.45, 7) is 2.77. The van der Waals surface area contributed by atoms with Gasteiger partial charge < -0.3 is 14.8 Å². The number of amides is 1. The number of carbonyl (C=O) groups excluding carboxylic acids is 1. The van der Waals surface area contributed by atoms with Gasteiger partial charge in [-0.2, -0.15) is 5.26 Å². The van der Waals surface area contributed by atoms with Crippen molar-refractivity contribution in [2.75, 3.05) is 32.4 Å². The van der Waals surface area contributed by atoms with Crippen LogP contribution in [0.1, 0.15) is 15.9 Å². The highest BCUT2D eigenvalue weighted by Crippen LogP contribution is 2.29. The molecule has 0 bridgehead atoms. The average Bonchev–Trinajstić information content (AvgIpc) is 3.28. The Morgan fingerprint density at radius 1 is 1.17 bits per heavy atom. The van der Waals surface area contributed by atoms with E-state index in [1.807, 2.05) is 6.07 Å². The third-order valence-corrected chi connectivity index (χ3v) is 6.93. The number of fused-ring (bicyclic) bond motifs is 1. The van der Waals surface area contributed by atoms with E-state index in [-0.39, 0.29) is 11.5 Å². The molecular formula is C25H21FN6O2S. The molecule has 3 heterocycles. The number of piperazine rings is 1. The molecule has 1 saturated heterocycles. The topological polar surface area (TPSA) is 110 Å². The van der Waals surface area contributed by atoms with Gasteiger partial charge in [-0.25, -0.2) is 14.4 Å². The standard InChI is InChI=1S/C25H21FN6O2S/c1-35(34)23-15-32(22-11-17(3-4-19(22)23)24(33)31-8-6-28-7-9-31)25-29-13-18(14-30-25)20-10-16(12-27)2-5-21(20)26/h2-5,10-11,13-15,28H,6-9H2,1H3. The van der Waals surface area contributed by atoms with Crippen LogP contribution in [0.2, 0.25) is 0 Å². The van der Waals surface area contributed by atoms with Crippen LogP contribution in [0, 0.1) is 17.1 Å². The summed E-state index contributed by atoms with van der Waals surface area (Å²) >= 11 is -1.28. The number of carbonyl (C=O) groups is 1. The fourth-order valence-corrected chi connectivity index (χ4v) is 4.91. The lowest BCUT2D eigenvalue weighted by atomic mass is 10.1. The van der Waals surface area contributed by atoms with E-state index in [1.54, 1.807) is 40.1 Å².